The number of hydrogen-bond acceptors (Lipinski definition) is 6. The van der Waals surface area contributed by atoms with E-state index < -0.39 is 11.6 Å². The van der Waals surface area contributed by atoms with Gasteiger partial charge in [-0.3, -0.25) is 9.20 Å². The number of nitrogens with one attached hydrogen (secondary N) is 1. The van der Waals surface area contributed by atoms with E-state index in [4.69, 9.17) is 15.2 Å². The summed E-state index contributed by atoms with van der Waals surface area (Å²) >= 11 is 0. The second-order valence-corrected chi connectivity index (χ2v) is 8.04. The van der Waals surface area contributed by atoms with E-state index in [0.717, 1.165) is 5.56 Å². The van der Waals surface area contributed by atoms with Crippen LogP contribution in [0.15, 0.2) is 48.7 Å². The fraction of sp³-hybridized carbons (Fsp3) is 0.409. The monoisotopic (exact) mass is 411 g/mol. The number of nitrogens with two attached hydrogens (primary N) is 1. The number of carbonyl (C=O) groups excluding carboxylic acids is 1. The van der Waals surface area contributed by atoms with Crippen LogP contribution in [0, 0.1) is 0 Å². The lowest BCUT2D eigenvalue weighted by atomic mass is 10.1. The first-order chi connectivity index (χ1) is 14.3. The second-order valence-electron chi connectivity index (χ2n) is 8.04. The van der Waals surface area contributed by atoms with E-state index in [9.17, 15) is 4.79 Å². The number of ether oxygens (including phenoxy) is 2. The predicted molar refractivity (Wildman–Crippen MR) is 114 cm³/mol. The smallest absolute Gasteiger partial charge is 0.240 e. The summed E-state index contributed by atoms with van der Waals surface area (Å²) in [7, 11) is 0. The zero-order valence-electron chi connectivity index (χ0n) is 17.8. The molecule has 0 saturated heterocycles. The molecule has 1 aromatic carbocycles. The summed E-state index contributed by atoms with van der Waals surface area (Å²) in [5.74, 6) is 0.868. The van der Waals surface area contributed by atoms with E-state index in [1.165, 1.54) is 0 Å². The molecule has 2 heterocycles. The van der Waals surface area contributed by atoms with Gasteiger partial charge in [0.25, 0.3) is 0 Å². The lowest BCUT2D eigenvalue weighted by Crippen LogP contribution is -2.50. The van der Waals surface area contributed by atoms with E-state index in [2.05, 4.69) is 15.5 Å². The lowest BCUT2D eigenvalue weighted by molar-refractivity contribution is -0.126. The van der Waals surface area contributed by atoms with Crippen molar-refractivity contribution in [3.05, 3.63) is 60.0 Å². The molecule has 0 bridgehead atoms. The van der Waals surface area contributed by atoms with Gasteiger partial charge in [-0.2, -0.15) is 0 Å². The van der Waals surface area contributed by atoms with Crippen LogP contribution in [0.1, 0.15) is 45.1 Å². The van der Waals surface area contributed by atoms with Crippen LogP contribution in [0.2, 0.25) is 0 Å². The molecule has 0 aliphatic heterocycles. The molecule has 0 aliphatic rings. The van der Waals surface area contributed by atoms with Crippen LogP contribution in [0.4, 0.5) is 0 Å². The minimum absolute atomic E-state index is 0.000838. The van der Waals surface area contributed by atoms with E-state index >= 15 is 0 Å². The highest BCUT2D eigenvalue weighted by Gasteiger charge is 2.28. The van der Waals surface area contributed by atoms with Crippen molar-refractivity contribution in [3.63, 3.8) is 0 Å². The minimum Gasteiger partial charge on any atom is -0.487 e. The number of amides is 1. The summed E-state index contributed by atoms with van der Waals surface area (Å²) in [6.45, 7) is 7.83. The van der Waals surface area contributed by atoms with E-state index in [-0.39, 0.29) is 18.6 Å². The summed E-state index contributed by atoms with van der Waals surface area (Å²) < 4.78 is 13.5. The number of hydrogen-bond donors (Lipinski definition) is 2. The maximum Gasteiger partial charge on any atom is 0.240 e. The van der Waals surface area contributed by atoms with Crippen molar-refractivity contribution < 1.29 is 14.3 Å². The maximum atomic E-state index is 12.6. The molecule has 0 aliphatic carbocycles. The molecule has 8 heteroatoms. The van der Waals surface area contributed by atoms with Crippen molar-refractivity contribution in [3.8, 4) is 5.75 Å². The van der Waals surface area contributed by atoms with Gasteiger partial charge < -0.3 is 20.5 Å². The van der Waals surface area contributed by atoms with Gasteiger partial charge in [0.15, 0.2) is 11.6 Å². The number of rotatable bonds is 9. The highest BCUT2D eigenvalue weighted by atomic mass is 16.5. The molecule has 30 heavy (non-hydrogen) atoms. The summed E-state index contributed by atoms with van der Waals surface area (Å²) in [5, 5.41) is 11.5. The third kappa shape index (κ3) is 5.34. The van der Waals surface area contributed by atoms with Gasteiger partial charge in [0.05, 0.1) is 24.9 Å². The van der Waals surface area contributed by atoms with Crippen LogP contribution in [-0.4, -0.2) is 38.8 Å². The molecule has 160 valence electrons. The van der Waals surface area contributed by atoms with Crippen molar-refractivity contribution in [2.24, 2.45) is 5.73 Å². The molecule has 0 saturated carbocycles. The topological polar surface area (TPSA) is 104 Å². The Morgan fingerprint density at radius 3 is 2.57 bits per heavy atom. The van der Waals surface area contributed by atoms with Crippen LogP contribution in [-0.2, 0) is 16.1 Å². The Hall–Kier alpha value is -2.97. The van der Waals surface area contributed by atoms with Gasteiger partial charge >= 0.3 is 0 Å². The Balaban J connectivity index is 1.86. The molecule has 8 nitrogen and oxygen atoms in total. The van der Waals surface area contributed by atoms with Gasteiger partial charge in [-0.05, 0) is 45.4 Å². The molecule has 2 aromatic heterocycles. The van der Waals surface area contributed by atoms with Crippen molar-refractivity contribution in [2.45, 2.75) is 52.0 Å². The number of benzene rings is 1. The van der Waals surface area contributed by atoms with Crippen LogP contribution in [0.3, 0.4) is 0 Å². The number of fused-ring (bicyclic) bond motifs is 1. The molecule has 0 fully saturated rings. The van der Waals surface area contributed by atoms with Crippen LogP contribution in [0.5, 0.6) is 5.75 Å². The fourth-order valence-corrected chi connectivity index (χ4v) is 2.89. The summed E-state index contributed by atoms with van der Waals surface area (Å²) in [4.78, 5) is 12.6. The first kappa shape index (κ1) is 21.7. The quantitative estimate of drug-likeness (QED) is 0.561. The van der Waals surface area contributed by atoms with Gasteiger partial charge in [0.1, 0.15) is 6.04 Å². The molecule has 0 unspecified atom stereocenters. The fourth-order valence-electron chi connectivity index (χ4n) is 2.89. The average Bonchev–Trinajstić information content (AvgIpc) is 3.12. The predicted octanol–water partition coefficient (Wildman–Crippen LogP) is 2.63. The zero-order chi connectivity index (χ0) is 21.7. The van der Waals surface area contributed by atoms with E-state index in [0.29, 0.717) is 23.8 Å². The third-order valence-electron chi connectivity index (χ3n) is 4.39. The van der Waals surface area contributed by atoms with Gasteiger partial charge in [-0.15, -0.1) is 10.2 Å². The van der Waals surface area contributed by atoms with Gasteiger partial charge in [-0.25, -0.2) is 0 Å². The molecule has 3 N–H and O–H groups in total. The third-order valence-corrected chi connectivity index (χ3v) is 4.39. The SMILES string of the molecule is CC(C)Oc1cccn2c([C@@H](COCc3ccccc3)NC(=O)C(C)(C)N)nnc12. The Bertz CT molecular complexity index is 979. The summed E-state index contributed by atoms with van der Waals surface area (Å²) in [5.41, 5.74) is 6.56. The van der Waals surface area contributed by atoms with Gasteiger partial charge in [0.2, 0.25) is 11.6 Å². The standard InChI is InChI=1S/C22H29N5O3/c1-15(2)30-18-11-8-12-27-19(25-26-20(18)27)17(24-21(28)22(3,4)23)14-29-13-16-9-6-5-7-10-16/h5-12,15,17H,13-14,23H2,1-4H3,(H,24,28)/t17-/m1/s1. The molecule has 3 aromatic rings. The minimum atomic E-state index is -1.04. The Morgan fingerprint density at radius 1 is 1.17 bits per heavy atom. The van der Waals surface area contributed by atoms with Crippen molar-refractivity contribution in [1.82, 2.24) is 19.9 Å². The summed E-state index contributed by atoms with van der Waals surface area (Å²) in [6, 6.07) is 13.0. The van der Waals surface area contributed by atoms with Gasteiger partial charge in [0, 0.05) is 6.20 Å². The molecule has 3 rings (SSSR count). The first-order valence-electron chi connectivity index (χ1n) is 9.97. The number of aromatic nitrogens is 3. The van der Waals surface area contributed by atoms with Crippen LogP contribution >= 0.6 is 0 Å². The Labute approximate surface area is 176 Å². The zero-order valence-corrected chi connectivity index (χ0v) is 17.8. The number of pyridine rings is 1. The molecule has 0 spiro atoms. The molecular weight excluding hydrogens is 382 g/mol. The second kappa shape index (κ2) is 9.23. The van der Waals surface area contributed by atoms with Crippen molar-refractivity contribution in [2.75, 3.05) is 6.61 Å². The van der Waals surface area contributed by atoms with Crippen LogP contribution < -0.4 is 15.8 Å². The van der Waals surface area contributed by atoms with Crippen LogP contribution in [0.25, 0.3) is 5.65 Å². The normalized spacial score (nSPS) is 12.9. The van der Waals surface area contributed by atoms with Gasteiger partial charge in [-0.1, -0.05) is 30.3 Å². The highest BCUT2D eigenvalue weighted by molar-refractivity contribution is 5.85. The number of nitrogens with zero attached hydrogens (tertiary/aromatic N) is 3. The van der Waals surface area contributed by atoms with Crippen molar-refractivity contribution >= 4 is 11.6 Å². The average molecular weight is 412 g/mol. The van der Waals surface area contributed by atoms with E-state index in [1.807, 2.05) is 62.5 Å². The molecule has 1 amide bonds. The first-order valence-corrected chi connectivity index (χ1v) is 9.97. The molecular formula is C22H29N5O3. The Morgan fingerprint density at radius 2 is 1.90 bits per heavy atom. The van der Waals surface area contributed by atoms with Crippen molar-refractivity contribution in [1.29, 1.82) is 0 Å². The highest BCUT2D eigenvalue weighted by Crippen LogP contribution is 2.23. The maximum absolute atomic E-state index is 12.6. The van der Waals surface area contributed by atoms with E-state index in [1.54, 1.807) is 18.2 Å². The molecule has 0 radical (unpaired) electrons. The Kier molecular flexibility index (Phi) is 6.69. The largest absolute Gasteiger partial charge is 0.487 e. The lowest BCUT2D eigenvalue weighted by Gasteiger charge is -2.23. The number of carbonyl (C=O) groups is 1. The molecule has 1 atom stereocenters. The summed E-state index contributed by atoms with van der Waals surface area (Å²) in [6.07, 6.45) is 1.83.